The molecule has 3 heteroatoms. The summed E-state index contributed by atoms with van der Waals surface area (Å²) in [5, 5.41) is 9.93. The van der Waals surface area contributed by atoms with E-state index in [0.29, 0.717) is 18.9 Å². The predicted octanol–water partition coefficient (Wildman–Crippen LogP) is 3.03. The highest BCUT2D eigenvalue weighted by atomic mass is 16.5. The molecule has 1 aliphatic carbocycles. The second kappa shape index (κ2) is 7.51. The first kappa shape index (κ1) is 14.4. The van der Waals surface area contributed by atoms with Crippen LogP contribution in [-0.4, -0.2) is 18.3 Å². The van der Waals surface area contributed by atoms with Gasteiger partial charge in [-0.15, -0.1) is 0 Å². The minimum atomic E-state index is -0.483. The maximum Gasteiger partial charge on any atom is 0.119 e. The second-order valence-electron chi connectivity index (χ2n) is 5.48. The van der Waals surface area contributed by atoms with E-state index in [2.05, 4.69) is 0 Å². The molecule has 0 bridgehead atoms. The molecule has 3 N–H and O–H groups in total. The van der Waals surface area contributed by atoms with Gasteiger partial charge >= 0.3 is 0 Å². The molecule has 1 atom stereocenters. The van der Waals surface area contributed by atoms with Gasteiger partial charge in [0.05, 0.1) is 12.7 Å². The van der Waals surface area contributed by atoms with Crippen LogP contribution in [0.5, 0.6) is 5.75 Å². The molecule has 1 saturated carbocycles. The van der Waals surface area contributed by atoms with Gasteiger partial charge in [-0.1, -0.05) is 31.4 Å². The Balaban J connectivity index is 1.87. The first-order chi connectivity index (χ1) is 9.29. The zero-order valence-electron chi connectivity index (χ0n) is 11.6. The molecule has 1 aliphatic rings. The fraction of sp³-hybridized carbons (Fsp3) is 0.625. The number of aliphatic hydroxyl groups is 1. The summed E-state index contributed by atoms with van der Waals surface area (Å²) in [6.07, 6.45) is 6.73. The van der Waals surface area contributed by atoms with Crippen LogP contribution in [0.1, 0.15) is 50.2 Å². The molecule has 1 aromatic carbocycles. The average Bonchev–Trinajstić information content (AvgIpc) is 2.47. The highest BCUT2D eigenvalue weighted by Crippen LogP contribution is 2.26. The van der Waals surface area contributed by atoms with Crippen molar-refractivity contribution in [3.8, 4) is 5.75 Å². The van der Waals surface area contributed by atoms with Gasteiger partial charge in [-0.25, -0.2) is 0 Å². The van der Waals surface area contributed by atoms with E-state index in [9.17, 15) is 5.11 Å². The Morgan fingerprint density at radius 1 is 1.26 bits per heavy atom. The first-order valence-electron chi connectivity index (χ1n) is 7.40. The minimum Gasteiger partial charge on any atom is -0.493 e. The molecule has 1 aromatic rings. The lowest BCUT2D eigenvalue weighted by atomic mass is 9.90. The summed E-state index contributed by atoms with van der Waals surface area (Å²) >= 11 is 0. The van der Waals surface area contributed by atoms with Crippen molar-refractivity contribution in [2.45, 2.75) is 44.6 Å². The van der Waals surface area contributed by atoms with E-state index in [1.54, 1.807) is 0 Å². The fourth-order valence-corrected chi connectivity index (χ4v) is 2.70. The zero-order chi connectivity index (χ0) is 13.5. The molecule has 2 rings (SSSR count). The molecule has 1 unspecified atom stereocenters. The molecule has 0 spiro atoms. The number of aliphatic hydroxyl groups excluding tert-OH is 1. The molecule has 1 fully saturated rings. The van der Waals surface area contributed by atoms with Crippen molar-refractivity contribution in [2.24, 2.45) is 11.7 Å². The number of ether oxygens (including phenoxy) is 1. The lowest BCUT2D eigenvalue weighted by Gasteiger charge is -2.22. The Kier molecular flexibility index (Phi) is 5.67. The number of benzene rings is 1. The van der Waals surface area contributed by atoms with Gasteiger partial charge in [0.1, 0.15) is 5.75 Å². The van der Waals surface area contributed by atoms with Crippen LogP contribution in [0.2, 0.25) is 0 Å². The van der Waals surface area contributed by atoms with Crippen LogP contribution in [0.4, 0.5) is 0 Å². The third kappa shape index (κ3) is 4.51. The summed E-state index contributed by atoms with van der Waals surface area (Å²) in [5.74, 6) is 1.56. The van der Waals surface area contributed by atoms with Crippen LogP contribution in [0.25, 0.3) is 0 Å². The number of nitrogens with two attached hydrogens (primary N) is 1. The van der Waals surface area contributed by atoms with Gasteiger partial charge in [-0.3, -0.25) is 0 Å². The normalized spacial score (nSPS) is 18.2. The van der Waals surface area contributed by atoms with Crippen LogP contribution in [0.3, 0.4) is 0 Å². The van der Waals surface area contributed by atoms with E-state index in [1.165, 1.54) is 32.1 Å². The van der Waals surface area contributed by atoms with E-state index in [0.717, 1.165) is 17.9 Å². The highest BCUT2D eigenvalue weighted by Gasteiger charge is 2.14. The Bertz CT molecular complexity index is 375. The summed E-state index contributed by atoms with van der Waals surface area (Å²) in [7, 11) is 0. The van der Waals surface area contributed by atoms with Gasteiger partial charge in [0.15, 0.2) is 0 Å². The lowest BCUT2D eigenvalue weighted by Crippen LogP contribution is -2.15. The predicted molar refractivity (Wildman–Crippen MR) is 77.1 cm³/mol. The standard InChI is InChI=1S/C16H25NO2/c17-10-9-16(18)14-7-4-8-15(11-14)19-12-13-5-2-1-3-6-13/h4,7-8,11,13,16,18H,1-3,5-6,9-10,12,17H2. The Morgan fingerprint density at radius 3 is 2.79 bits per heavy atom. The quantitative estimate of drug-likeness (QED) is 0.829. The monoisotopic (exact) mass is 263 g/mol. The Hall–Kier alpha value is -1.06. The zero-order valence-corrected chi connectivity index (χ0v) is 11.6. The molecule has 0 radical (unpaired) electrons. The van der Waals surface area contributed by atoms with Gasteiger partial charge in [0.2, 0.25) is 0 Å². The van der Waals surface area contributed by atoms with E-state index in [1.807, 2.05) is 24.3 Å². The van der Waals surface area contributed by atoms with Crippen molar-refractivity contribution < 1.29 is 9.84 Å². The summed E-state index contributed by atoms with van der Waals surface area (Å²) in [6, 6.07) is 7.75. The topological polar surface area (TPSA) is 55.5 Å². The van der Waals surface area contributed by atoms with Crippen molar-refractivity contribution in [3.63, 3.8) is 0 Å². The number of rotatable bonds is 6. The summed E-state index contributed by atoms with van der Waals surface area (Å²) in [5.41, 5.74) is 6.36. The number of hydrogen-bond acceptors (Lipinski definition) is 3. The fourth-order valence-electron chi connectivity index (χ4n) is 2.70. The molecule has 0 amide bonds. The molecule has 0 aliphatic heterocycles. The Labute approximate surface area is 115 Å². The SMILES string of the molecule is NCCC(O)c1cccc(OCC2CCCCC2)c1. The summed E-state index contributed by atoms with van der Waals surface area (Å²) in [6.45, 7) is 1.30. The van der Waals surface area contributed by atoms with Crippen molar-refractivity contribution in [2.75, 3.05) is 13.2 Å². The van der Waals surface area contributed by atoms with Crippen LogP contribution in [-0.2, 0) is 0 Å². The van der Waals surface area contributed by atoms with Gasteiger partial charge in [0.25, 0.3) is 0 Å². The summed E-state index contributed by atoms with van der Waals surface area (Å²) in [4.78, 5) is 0. The molecule has 106 valence electrons. The van der Waals surface area contributed by atoms with Gasteiger partial charge in [-0.2, -0.15) is 0 Å². The van der Waals surface area contributed by atoms with Gasteiger partial charge in [-0.05, 0) is 49.4 Å². The van der Waals surface area contributed by atoms with Crippen molar-refractivity contribution >= 4 is 0 Å². The molecular formula is C16H25NO2. The highest BCUT2D eigenvalue weighted by molar-refractivity contribution is 5.29. The summed E-state index contributed by atoms with van der Waals surface area (Å²) < 4.78 is 5.87. The third-order valence-corrected chi connectivity index (χ3v) is 3.89. The van der Waals surface area contributed by atoms with E-state index in [-0.39, 0.29) is 0 Å². The number of hydrogen-bond donors (Lipinski definition) is 2. The van der Waals surface area contributed by atoms with Crippen LogP contribution >= 0.6 is 0 Å². The van der Waals surface area contributed by atoms with E-state index < -0.39 is 6.10 Å². The van der Waals surface area contributed by atoms with Crippen LogP contribution in [0, 0.1) is 5.92 Å². The van der Waals surface area contributed by atoms with Crippen molar-refractivity contribution in [3.05, 3.63) is 29.8 Å². The smallest absolute Gasteiger partial charge is 0.119 e. The largest absolute Gasteiger partial charge is 0.493 e. The molecule has 0 aromatic heterocycles. The average molecular weight is 263 g/mol. The van der Waals surface area contributed by atoms with Crippen molar-refractivity contribution in [1.29, 1.82) is 0 Å². The lowest BCUT2D eigenvalue weighted by molar-refractivity contribution is 0.169. The van der Waals surface area contributed by atoms with E-state index >= 15 is 0 Å². The first-order valence-corrected chi connectivity index (χ1v) is 7.40. The molecule has 19 heavy (non-hydrogen) atoms. The van der Waals surface area contributed by atoms with Crippen LogP contribution < -0.4 is 10.5 Å². The van der Waals surface area contributed by atoms with Gasteiger partial charge in [0, 0.05) is 0 Å². The maximum absolute atomic E-state index is 9.93. The molecule has 3 nitrogen and oxygen atoms in total. The molecule has 0 heterocycles. The maximum atomic E-state index is 9.93. The van der Waals surface area contributed by atoms with Crippen molar-refractivity contribution in [1.82, 2.24) is 0 Å². The minimum absolute atomic E-state index is 0.483. The molecular weight excluding hydrogens is 238 g/mol. The second-order valence-corrected chi connectivity index (χ2v) is 5.48. The van der Waals surface area contributed by atoms with Gasteiger partial charge < -0.3 is 15.6 Å². The Morgan fingerprint density at radius 2 is 2.05 bits per heavy atom. The molecule has 0 saturated heterocycles. The third-order valence-electron chi connectivity index (χ3n) is 3.89. The van der Waals surface area contributed by atoms with E-state index in [4.69, 9.17) is 10.5 Å². The van der Waals surface area contributed by atoms with Crippen LogP contribution in [0.15, 0.2) is 24.3 Å².